The summed E-state index contributed by atoms with van der Waals surface area (Å²) >= 11 is 0. The van der Waals surface area contributed by atoms with E-state index in [0.717, 1.165) is 5.69 Å². The van der Waals surface area contributed by atoms with Gasteiger partial charge < -0.3 is 9.13 Å². The topological polar surface area (TPSA) is 9.86 Å². The summed E-state index contributed by atoms with van der Waals surface area (Å²) in [5, 5.41) is 5.03. The van der Waals surface area contributed by atoms with E-state index < -0.39 is 0 Å². The monoisotopic (exact) mass is 752 g/mol. The van der Waals surface area contributed by atoms with E-state index in [1.165, 1.54) is 105 Å². The molecule has 9 aromatic carbocycles. The minimum Gasteiger partial charge on any atom is -0.309 e. The molecular formula is C57H40N2. The minimum atomic E-state index is -0.0908. The summed E-state index contributed by atoms with van der Waals surface area (Å²) in [6, 6.07) is 76.2. The Balaban J connectivity index is 1.05. The molecule has 2 aromatic heterocycles. The standard InChI is InChI=1S/C57H40N2/c1-57(2)51-28-24-40(37-14-5-3-6-15-37)33-47(51)48-36-44(27-29-52(48)57)59-55-30-25-41(38-16-7-4-8-17-38)34-49(55)50-35-42(26-31-56(50)59)39-18-13-19-43(32-39)58-53-22-11-9-20-45(53)46-21-10-12-23-54(46)58/h3-36H,1-2H3. The van der Waals surface area contributed by atoms with E-state index in [4.69, 9.17) is 0 Å². The van der Waals surface area contributed by atoms with Gasteiger partial charge in [-0.2, -0.15) is 0 Å². The van der Waals surface area contributed by atoms with Crippen molar-refractivity contribution in [2.75, 3.05) is 0 Å². The lowest BCUT2D eigenvalue weighted by molar-refractivity contribution is 0.660. The summed E-state index contributed by atoms with van der Waals surface area (Å²) in [5.74, 6) is 0. The Morgan fingerprint density at radius 2 is 0.712 bits per heavy atom. The van der Waals surface area contributed by atoms with Crippen LogP contribution in [0, 0.1) is 0 Å². The smallest absolute Gasteiger partial charge is 0.0541 e. The molecule has 0 fully saturated rings. The Kier molecular flexibility index (Phi) is 7.31. The van der Waals surface area contributed by atoms with Crippen molar-refractivity contribution in [3.63, 3.8) is 0 Å². The highest BCUT2D eigenvalue weighted by atomic mass is 15.0. The molecule has 2 heterocycles. The fraction of sp³-hybridized carbons (Fsp3) is 0.0526. The van der Waals surface area contributed by atoms with Gasteiger partial charge in [-0.3, -0.25) is 0 Å². The molecule has 1 aliphatic rings. The largest absolute Gasteiger partial charge is 0.309 e. The van der Waals surface area contributed by atoms with Crippen LogP contribution in [0.25, 0.3) is 99.5 Å². The molecule has 2 nitrogen and oxygen atoms in total. The fourth-order valence-corrected chi connectivity index (χ4v) is 10.0. The van der Waals surface area contributed by atoms with E-state index in [-0.39, 0.29) is 5.41 Å². The lowest BCUT2D eigenvalue weighted by Gasteiger charge is -2.22. The zero-order chi connectivity index (χ0) is 39.2. The average molecular weight is 753 g/mol. The van der Waals surface area contributed by atoms with Crippen LogP contribution in [-0.4, -0.2) is 9.13 Å². The molecule has 1 aliphatic carbocycles. The molecule has 0 atom stereocenters. The number of hydrogen-bond donors (Lipinski definition) is 0. The van der Waals surface area contributed by atoms with Gasteiger partial charge in [-0.25, -0.2) is 0 Å². The molecule has 278 valence electrons. The first-order chi connectivity index (χ1) is 29.0. The second-order valence-electron chi connectivity index (χ2n) is 16.6. The Bertz CT molecular complexity index is 3400. The van der Waals surface area contributed by atoms with E-state index >= 15 is 0 Å². The number of rotatable bonds is 5. The van der Waals surface area contributed by atoms with Crippen molar-refractivity contribution in [1.29, 1.82) is 0 Å². The number of nitrogens with zero attached hydrogens (tertiary/aromatic N) is 2. The van der Waals surface area contributed by atoms with Crippen molar-refractivity contribution in [3.8, 4) is 55.9 Å². The maximum Gasteiger partial charge on any atom is 0.0541 e. The molecule has 0 unspecified atom stereocenters. The second kappa shape index (κ2) is 12.8. The van der Waals surface area contributed by atoms with Crippen molar-refractivity contribution in [1.82, 2.24) is 9.13 Å². The quantitative estimate of drug-likeness (QED) is 0.166. The second-order valence-corrected chi connectivity index (χ2v) is 16.6. The van der Waals surface area contributed by atoms with Gasteiger partial charge in [0.25, 0.3) is 0 Å². The maximum absolute atomic E-state index is 2.48. The number of fused-ring (bicyclic) bond motifs is 9. The predicted molar refractivity (Wildman–Crippen MR) is 249 cm³/mol. The molecule has 0 bridgehead atoms. The van der Waals surface area contributed by atoms with E-state index in [2.05, 4.69) is 229 Å². The van der Waals surface area contributed by atoms with Crippen molar-refractivity contribution >= 4 is 43.6 Å². The molecule has 0 radical (unpaired) electrons. The molecule has 0 spiro atoms. The third-order valence-corrected chi connectivity index (χ3v) is 12.9. The van der Waals surface area contributed by atoms with Crippen molar-refractivity contribution in [2.24, 2.45) is 0 Å². The van der Waals surface area contributed by atoms with Crippen LogP contribution in [0.2, 0.25) is 0 Å². The first-order valence-corrected chi connectivity index (χ1v) is 20.6. The summed E-state index contributed by atoms with van der Waals surface area (Å²) in [4.78, 5) is 0. The van der Waals surface area contributed by atoms with Crippen molar-refractivity contribution < 1.29 is 0 Å². The summed E-state index contributed by atoms with van der Waals surface area (Å²) < 4.78 is 4.88. The molecule has 2 heteroatoms. The van der Waals surface area contributed by atoms with Crippen LogP contribution in [0.1, 0.15) is 25.0 Å². The van der Waals surface area contributed by atoms with Gasteiger partial charge in [0.05, 0.1) is 22.1 Å². The summed E-state index contributed by atoms with van der Waals surface area (Å²) in [6.45, 7) is 4.73. The summed E-state index contributed by atoms with van der Waals surface area (Å²) in [5.41, 5.74) is 19.8. The lowest BCUT2D eigenvalue weighted by atomic mass is 9.82. The van der Waals surface area contributed by atoms with E-state index in [1.54, 1.807) is 0 Å². The van der Waals surface area contributed by atoms with Gasteiger partial charge in [0.1, 0.15) is 0 Å². The van der Waals surface area contributed by atoms with Crippen LogP contribution in [-0.2, 0) is 5.41 Å². The highest BCUT2D eigenvalue weighted by Gasteiger charge is 2.36. The average Bonchev–Trinajstić information content (AvgIpc) is 3.89. The van der Waals surface area contributed by atoms with Gasteiger partial charge in [-0.05, 0) is 122 Å². The molecule has 11 aromatic rings. The van der Waals surface area contributed by atoms with Crippen LogP contribution < -0.4 is 0 Å². The Hall–Kier alpha value is -7.42. The number of hydrogen-bond acceptors (Lipinski definition) is 0. The first-order valence-electron chi connectivity index (χ1n) is 20.6. The Morgan fingerprint density at radius 1 is 0.288 bits per heavy atom. The van der Waals surface area contributed by atoms with Crippen molar-refractivity contribution in [3.05, 3.63) is 217 Å². The molecule has 12 rings (SSSR count). The van der Waals surface area contributed by atoms with E-state index in [1.807, 2.05) is 0 Å². The van der Waals surface area contributed by atoms with Crippen LogP contribution in [0.4, 0.5) is 0 Å². The van der Waals surface area contributed by atoms with Crippen LogP contribution >= 0.6 is 0 Å². The van der Waals surface area contributed by atoms with Crippen LogP contribution in [0.5, 0.6) is 0 Å². The lowest BCUT2D eigenvalue weighted by Crippen LogP contribution is -2.14. The normalized spacial score (nSPS) is 13.1. The summed E-state index contributed by atoms with van der Waals surface area (Å²) in [6.07, 6.45) is 0. The third-order valence-electron chi connectivity index (χ3n) is 12.9. The zero-order valence-corrected chi connectivity index (χ0v) is 33.0. The Labute approximate surface area is 343 Å². The molecule has 0 N–H and O–H groups in total. The number of aromatic nitrogens is 2. The minimum absolute atomic E-state index is 0.0908. The molecular weight excluding hydrogens is 713 g/mol. The van der Waals surface area contributed by atoms with E-state index in [0.29, 0.717) is 0 Å². The van der Waals surface area contributed by atoms with Crippen LogP contribution in [0.15, 0.2) is 206 Å². The third kappa shape index (κ3) is 5.13. The molecule has 59 heavy (non-hydrogen) atoms. The van der Waals surface area contributed by atoms with Gasteiger partial charge in [0.15, 0.2) is 0 Å². The highest BCUT2D eigenvalue weighted by molar-refractivity contribution is 6.12. The van der Waals surface area contributed by atoms with Gasteiger partial charge in [0.2, 0.25) is 0 Å². The highest BCUT2D eigenvalue weighted by Crippen LogP contribution is 2.51. The van der Waals surface area contributed by atoms with Crippen LogP contribution in [0.3, 0.4) is 0 Å². The molecule has 0 saturated heterocycles. The SMILES string of the molecule is CC1(C)c2ccc(-c3ccccc3)cc2-c2cc(-n3c4ccc(-c5ccccc5)cc4c4cc(-c5cccc(-n6c7ccccc7c7ccccc76)c5)ccc43)ccc21. The zero-order valence-electron chi connectivity index (χ0n) is 33.0. The molecule has 0 aliphatic heterocycles. The number of benzene rings is 9. The van der Waals surface area contributed by atoms with E-state index in [9.17, 15) is 0 Å². The summed E-state index contributed by atoms with van der Waals surface area (Å²) in [7, 11) is 0. The number of para-hydroxylation sites is 2. The molecule has 0 amide bonds. The molecule has 0 saturated carbocycles. The fourth-order valence-electron chi connectivity index (χ4n) is 10.0. The van der Waals surface area contributed by atoms with Gasteiger partial charge in [0, 0.05) is 38.3 Å². The van der Waals surface area contributed by atoms with Gasteiger partial charge >= 0.3 is 0 Å². The van der Waals surface area contributed by atoms with Crippen molar-refractivity contribution in [2.45, 2.75) is 19.3 Å². The maximum atomic E-state index is 2.48. The van der Waals surface area contributed by atoms with Gasteiger partial charge in [-0.1, -0.05) is 153 Å². The predicted octanol–water partition coefficient (Wildman–Crippen LogP) is 15.2. The Morgan fingerprint density at radius 3 is 1.32 bits per heavy atom. The van der Waals surface area contributed by atoms with Gasteiger partial charge in [-0.15, -0.1) is 0 Å². The first kappa shape index (κ1) is 33.7.